The van der Waals surface area contributed by atoms with Crippen LogP contribution < -0.4 is 10.2 Å². The zero-order valence-corrected chi connectivity index (χ0v) is 15.8. The number of hydrogen-bond donors (Lipinski definition) is 1. The second-order valence-electron chi connectivity index (χ2n) is 6.36. The number of anilines is 1. The molecule has 26 heavy (non-hydrogen) atoms. The van der Waals surface area contributed by atoms with E-state index in [0.29, 0.717) is 28.8 Å². The van der Waals surface area contributed by atoms with Crippen molar-refractivity contribution in [3.05, 3.63) is 64.1 Å². The van der Waals surface area contributed by atoms with Gasteiger partial charge in [0.25, 0.3) is 0 Å². The fourth-order valence-corrected chi connectivity index (χ4v) is 3.51. The minimum absolute atomic E-state index is 0.0907. The van der Waals surface area contributed by atoms with Gasteiger partial charge in [-0.15, -0.1) is 0 Å². The number of amides is 2. The standard InChI is InChI=1S/C20H20Cl2N2O2/c21-16-9-4-10-17(19(16)22)24-13-15(12-18(24)25)20(26)23-11-5-8-14-6-2-1-3-7-14/h1-4,6-7,9-10,15H,5,8,11-13H2,(H,23,26)/t15-/m1/s1. The number of nitrogens with one attached hydrogen (secondary N) is 1. The topological polar surface area (TPSA) is 49.4 Å². The second-order valence-corrected chi connectivity index (χ2v) is 7.14. The molecule has 0 radical (unpaired) electrons. The predicted molar refractivity (Wildman–Crippen MR) is 105 cm³/mol. The SMILES string of the molecule is O=C(NCCCc1ccccc1)[C@@H]1CC(=O)N(c2cccc(Cl)c2Cl)C1. The number of carbonyl (C=O) groups excluding carboxylic acids is 2. The van der Waals surface area contributed by atoms with Gasteiger partial charge in [-0.05, 0) is 30.5 Å². The molecule has 2 amide bonds. The van der Waals surface area contributed by atoms with E-state index in [1.54, 1.807) is 23.1 Å². The lowest BCUT2D eigenvalue weighted by atomic mass is 10.1. The molecule has 1 aliphatic rings. The monoisotopic (exact) mass is 390 g/mol. The van der Waals surface area contributed by atoms with E-state index in [9.17, 15) is 9.59 Å². The maximum absolute atomic E-state index is 12.4. The number of aryl methyl sites for hydroxylation is 1. The molecule has 4 nitrogen and oxygen atoms in total. The summed E-state index contributed by atoms with van der Waals surface area (Å²) in [5.41, 5.74) is 1.81. The number of halogens is 2. The largest absolute Gasteiger partial charge is 0.356 e. The van der Waals surface area contributed by atoms with Crippen molar-refractivity contribution >= 4 is 40.7 Å². The molecule has 1 fully saturated rings. The van der Waals surface area contributed by atoms with Crippen LogP contribution in [0.15, 0.2) is 48.5 Å². The van der Waals surface area contributed by atoms with Crippen LogP contribution in [0, 0.1) is 5.92 Å². The van der Waals surface area contributed by atoms with E-state index in [0.717, 1.165) is 12.8 Å². The van der Waals surface area contributed by atoms with Crippen molar-refractivity contribution < 1.29 is 9.59 Å². The first-order valence-corrected chi connectivity index (χ1v) is 9.38. The minimum Gasteiger partial charge on any atom is -0.356 e. The van der Waals surface area contributed by atoms with Crippen LogP contribution in [-0.4, -0.2) is 24.9 Å². The summed E-state index contributed by atoms with van der Waals surface area (Å²) in [6.45, 7) is 0.916. The maximum atomic E-state index is 12.4. The van der Waals surface area contributed by atoms with Crippen LogP contribution in [0.1, 0.15) is 18.4 Å². The molecule has 0 aromatic heterocycles. The van der Waals surface area contributed by atoms with Crippen molar-refractivity contribution in [2.45, 2.75) is 19.3 Å². The first-order valence-electron chi connectivity index (χ1n) is 8.62. The Morgan fingerprint density at radius 3 is 2.65 bits per heavy atom. The van der Waals surface area contributed by atoms with E-state index in [2.05, 4.69) is 17.4 Å². The summed E-state index contributed by atoms with van der Waals surface area (Å²) >= 11 is 12.2. The lowest BCUT2D eigenvalue weighted by Crippen LogP contribution is -2.33. The first-order chi connectivity index (χ1) is 12.6. The van der Waals surface area contributed by atoms with Crippen LogP contribution >= 0.6 is 23.2 Å². The zero-order valence-electron chi connectivity index (χ0n) is 14.3. The van der Waals surface area contributed by atoms with Crippen molar-refractivity contribution in [3.8, 4) is 0 Å². The van der Waals surface area contributed by atoms with Crippen LogP contribution in [0.5, 0.6) is 0 Å². The molecule has 1 heterocycles. The Balaban J connectivity index is 1.51. The zero-order chi connectivity index (χ0) is 18.5. The van der Waals surface area contributed by atoms with Crippen molar-refractivity contribution in [1.29, 1.82) is 0 Å². The smallest absolute Gasteiger partial charge is 0.227 e. The summed E-state index contributed by atoms with van der Waals surface area (Å²) in [7, 11) is 0. The molecular weight excluding hydrogens is 371 g/mol. The predicted octanol–water partition coefficient (Wildman–Crippen LogP) is 4.10. The highest BCUT2D eigenvalue weighted by Gasteiger charge is 2.35. The van der Waals surface area contributed by atoms with E-state index in [-0.39, 0.29) is 24.2 Å². The number of hydrogen-bond acceptors (Lipinski definition) is 2. The molecule has 0 saturated carbocycles. The van der Waals surface area contributed by atoms with Gasteiger partial charge in [-0.2, -0.15) is 0 Å². The number of rotatable bonds is 6. The van der Waals surface area contributed by atoms with Gasteiger partial charge < -0.3 is 10.2 Å². The minimum atomic E-state index is -0.366. The molecule has 1 N–H and O–H groups in total. The molecule has 0 bridgehead atoms. The molecular formula is C20H20Cl2N2O2. The van der Waals surface area contributed by atoms with Gasteiger partial charge >= 0.3 is 0 Å². The average Bonchev–Trinajstić information content (AvgIpc) is 3.03. The summed E-state index contributed by atoms with van der Waals surface area (Å²) in [6, 6.07) is 15.3. The lowest BCUT2D eigenvalue weighted by Gasteiger charge is -2.18. The highest BCUT2D eigenvalue weighted by Crippen LogP contribution is 2.35. The van der Waals surface area contributed by atoms with E-state index in [1.165, 1.54) is 5.56 Å². The van der Waals surface area contributed by atoms with Gasteiger partial charge in [0.15, 0.2) is 0 Å². The summed E-state index contributed by atoms with van der Waals surface area (Å²) in [4.78, 5) is 26.2. The third-order valence-electron chi connectivity index (χ3n) is 4.50. The van der Waals surface area contributed by atoms with Crippen LogP contribution in [0.2, 0.25) is 10.0 Å². The van der Waals surface area contributed by atoms with Gasteiger partial charge in [-0.3, -0.25) is 9.59 Å². The molecule has 3 rings (SSSR count). The van der Waals surface area contributed by atoms with E-state index >= 15 is 0 Å². The number of carbonyl (C=O) groups is 2. The van der Waals surface area contributed by atoms with Crippen molar-refractivity contribution in [2.24, 2.45) is 5.92 Å². The molecule has 136 valence electrons. The highest BCUT2D eigenvalue weighted by atomic mass is 35.5. The first kappa shape index (κ1) is 18.7. The molecule has 1 aliphatic heterocycles. The molecule has 2 aromatic rings. The van der Waals surface area contributed by atoms with E-state index < -0.39 is 0 Å². The molecule has 0 spiro atoms. The average molecular weight is 391 g/mol. The fourth-order valence-electron chi connectivity index (χ4n) is 3.11. The molecule has 1 saturated heterocycles. The molecule has 2 aromatic carbocycles. The number of benzene rings is 2. The van der Waals surface area contributed by atoms with Gasteiger partial charge in [0.05, 0.1) is 21.7 Å². The molecule has 6 heteroatoms. The van der Waals surface area contributed by atoms with Gasteiger partial charge in [0.2, 0.25) is 11.8 Å². The Morgan fingerprint density at radius 2 is 1.88 bits per heavy atom. The Labute approximate surface area is 163 Å². The normalized spacial score (nSPS) is 16.8. The Morgan fingerprint density at radius 1 is 1.12 bits per heavy atom. The Bertz CT molecular complexity index is 796. The Hall–Kier alpha value is -2.04. The highest BCUT2D eigenvalue weighted by molar-refractivity contribution is 6.44. The quantitative estimate of drug-likeness (QED) is 0.754. The third-order valence-corrected chi connectivity index (χ3v) is 5.31. The fraction of sp³-hybridized carbons (Fsp3) is 0.300. The number of nitrogens with zero attached hydrogens (tertiary/aromatic N) is 1. The summed E-state index contributed by atoms with van der Waals surface area (Å²) in [6.07, 6.45) is 1.96. The molecule has 1 atom stereocenters. The van der Waals surface area contributed by atoms with Crippen LogP contribution in [0.4, 0.5) is 5.69 Å². The van der Waals surface area contributed by atoms with Gasteiger partial charge in [-0.25, -0.2) is 0 Å². The summed E-state index contributed by atoms with van der Waals surface area (Å²) in [5.74, 6) is -0.570. The van der Waals surface area contributed by atoms with Crippen LogP contribution in [-0.2, 0) is 16.0 Å². The second kappa shape index (κ2) is 8.56. The lowest BCUT2D eigenvalue weighted by molar-refractivity contribution is -0.126. The van der Waals surface area contributed by atoms with E-state index in [1.807, 2.05) is 18.2 Å². The van der Waals surface area contributed by atoms with Crippen LogP contribution in [0.25, 0.3) is 0 Å². The van der Waals surface area contributed by atoms with Crippen LogP contribution in [0.3, 0.4) is 0 Å². The summed E-state index contributed by atoms with van der Waals surface area (Å²) in [5, 5.41) is 3.67. The Kier molecular flexibility index (Phi) is 6.17. The maximum Gasteiger partial charge on any atom is 0.227 e. The van der Waals surface area contributed by atoms with Crippen molar-refractivity contribution in [2.75, 3.05) is 18.0 Å². The molecule has 0 aliphatic carbocycles. The van der Waals surface area contributed by atoms with Gasteiger partial charge in [0, 0.05) is 19.5 Å². The van der Waals surface area contributed by atoms with Gasteiger partial charge in [0.1, 0.15) is 0 Å². The van der Waals surface area contributed by atoms with E-state index in [4.69, 9.17) is 23.2 Å². The molecule has 0 unspecified atom stereocenters. The third kappa shape index (κ3) is 4.37. The summed E-state index contributed by atoms with van der Waals surface area (Å²) < 4.78 is 0. The van der Waals surface area contributed by atoms with Crippen molar-refractivity contribution in [3.63, 3.8) is 0 Å². The van der Waals surface area contributed by atoms with Gasteiger partial charge in [-0.1, -0.05) is 59.6 Å². The van der Waals surface area contributed by atoms with Crippen molar-refractivity contribution in [1.82, 2.24) is 5.32 Å².